The van der Waals surface area contributed by atoms with Gasteiger partial charge < -0.3 is 10.3 Å². The highest BCUT2D eigenvalue weighted by Crippen LogP contribution is 2.27. The molecule has 0 aliphatic rings. The summed E-state index contributed by atoms with van der Waals surface area (Å²) in [5.41, 5.74) is 1.31. The molecule has 1 amide bonds. The number of aromatic amines is 1. The zero-order valence-electron chi connectivity index (χ0n) is 14.8. The third kappa shape index (κ3) is 5.76. The minimum Gasteiger partial charge on any atom is -0.349 e. The Morgan fingerprint density at radius 2 is 2.04 bits per heavy atom. The Bertz CT molecular complexity index is 841. The summed E-state index contributed by atoms with van der Waals surface area (Å²) in [4.78, 5) is 31.3. The van der Waals surface area contributed by atoms with E-state index >= 15 is 0 Å². The van der Waals surface area contributed by atoms with E-state index in [-0.39, 0.29) is 17.5 Å². The van der Waals surface area contributed by atoms with Crippen molar-refractivity contribution >= 4 is 40.9 Å². The third-order valence-corrected chi connectivity index (χ3v) is 5.27. The largest absolute Gasteiger partial charge is 0.349 e. The molecule has 0 fully saturated rings. The van der Waals surface area contributed by atoms with Gasteiger partial charge in [0.1, 0.15) is 0 Å². The van der Waals surface area contributed by atoms with Crippen molar-refractivity contribution in [1.29, 1.82) is 0 Å². The van der Waals surface area contributed by atoms with Crippen LogP contribution in [0.3, 0.4) is 0 Å². The Morgan fingerprint density at radius 3 is 2.69 bits per heavy atom. The molecule has 1 aromatic heterocycles. The van der Waals surface area contributed by atoms with Crippen molar-refractivity contribution in [3.8, 4) is 0 Å². The van der Waals surface area contributed by atoms with Crippen LogP contribution in [0.1, 0.15) is 44.5 Å². The highest BCUT2D eigenvalue weighted by atomic mass is 35.5. The van der Waals surface area contributed by atoms with E-state index < -0.39 is 5.25 Å². The number of hydrogen-bond donors (Lipinski definition) is 2. The predicted octanol–water partition coefficient (Wildman–Crippen LogP) is 4.39. The topological polar surface area (TPSA) is 74.8 Å². The monoisotopic (exact) mass is 413 g/mol. The molecule has 0 aliphatic heterocycles. The summed E-state index contributed by atoms with van der Waals surface area (Å²) in [6.45, 7) is 5.64. The first-order valence-electron chi connectivity index (χ1n) is 8.32. The summed E-state index contributed by atoms with van der Waals surface area (Å²) >= 11 is 13.3. The first kappa shape index (κ1) is 20.8. The number of nitrogens with zero attached hydrogens (tertiary/aromatic N) is 1. The molecule has 26 heavy (non-hydrogen) atoms. The average molecular weight is 414 g/mol. The van der Waals surface area contributed by atoms with Gasteiger partial charge in [0.25, 0.3) is 5.56 Å². The molecule has 2 N–H and O–H groups in total. The first-order valence-corrected chi connectivity index (χ1v) is 9.96. The second-order valence-electron chi connectivity index (χ2n) is 5.95. The summed E-state index contributed by atoms with van der Waals surface area (Å²) in [7, 11) is 0. The van der Waals surface area contributed by atoms with Crippen molar-refractivity contribution in [2.75, 3.05) is 0 Å². The fourth-order valence-corrected chi connectivity index (χ4v) is 3.82. The number of H-pyrrole nitrogens is 1. The fourth-order valence-electron chi connectivity index (χ4n) is 2.41. The van der Waals surface area contributed by atoms with Gasteiger partial charge in [0, 0.05) is 21.8 Å². The van der Waals surface area contributed by atoms with E-state index in [0.717, 1.165) is 24.1 Å². The Hall–Kier alpha value is -1.50. The van der Waals surface area contributed by atoms with Gasteiger partial charge in [0.2, 0.25) is 5.91 Å². The number of halogens is 2. The zero-order valence-corrected chi connectivity index (χ0v) is 17.1. The smallest absolute Gasteiger partial charge is 0.251 e. The summed E-state index contributed by atoms with van der Waals surface area (Å²) in [5, 5.41) is 3.99. The number of carbonyl (C=O) groups is 1. The quantitative estimate of drug-likeness (QED) is 0.521. The standard InChI is InChI=1S/C18H21Cl2N3O2S/c1-4-5-13-9-16(24)23-18(22-13)26-11(3)17(25)21-10(2)14-7-6-12(19)8-15(14)20/h6-11H,4-5H2,1-3H3,(H,21,25)(H,22,23,24)/t10-,11-/m1/s1. The Balaban J connectivity index is 2.04. The van der Waals surface area contributed by atoms with E-state index in [1.807, 2.05) is 13.8 Å². The molecule has 1 aromatic carbocycles. The molecule has 0 spiro atoms. The number of aromatic nitrogens is 2. The lowest BCUT2D eigenvalue weighted by molar-refractivity contribution is -0.120. The fraction of sp³-hybridized carbons (Fsp3) is 0.389. The number of rotatable bonds is 7. The maximum Gasteiger partial charge on any atom is 0.251 e. The molecule has 1 heterocycles. The molecule has 0 saturated carbocycles. The lowest BCUT2D eigenvalue weighted by Gasteiger charge is -2.18. The molecule has 2 atom stereocenters. The Morgan fingerprint density at radius 1 is 1.31 bits per heavy atom. The Kier molecular flexibility index (Phi) is 7.55. The van der Waals surface area contributed by atoms with Crippen molar-refractivity contribution in [3.63, 3.8) is 0 Å². The van der Waals surface area contributed by atoms with E-state index in [4.69, 9.17) is 23.2 Å². The number of nitrogens with one attached hydrogen (secondary N) is 2. The molecule has 0 aliphatic carbocycles. The number of amides is 1. The van der Waals surface area contributed by atoms with Gasteiger partial charge in [0.15, 0.2) is 5.16 Å². The molecular formula is C18H21Cl2N3O2S. The number of hydrogen-bond acceptors (Lipinski definition) is 4. The zero-order chi connectivity index (χ0) is 19.3. The molecule has 5 nitrogen and oxygen atoms in total. The number of benzene rings is 1. The van der Waals surface area contributed by atoms with Crippen molar-refractivity contribution < 1.29 is 4.79 Å². The normalized spacial score (nSPS) is 13.3. The van der Waals surface area contributed by atoms with Crippen LogP contribution in [0.15, 0.2) is 34.2 Å². The van der Waals surface area contributed by atoms with Gasteiger partial charge in [-0.3, -0.25) is 9.59 Å². The van der Waals surface area contributed by atoms with Crippen LogP contribution in [-0.4, -0.2) is 21.1 Å². The van der Waals surface area contributed by atoms with Crippen molar-refractivity contribution in [1.82, 2.24) is 15.3 Å². The van der Waals surface area contributed by atoms with E-state index in [0.29, 0.717) is 15.2 Å². The molecule has 2 rings (SSSR count). The van der Waals surface area contributed by atoms with Crippen LogP contribution in [0.25, 0.3) is 0 Å². The lowest BCUT2D eigenvalue weighted by Crippen LogP contribution is -2.33. The molecule has 2 aromatic rings. The lowest BCUT2D eigenvalue weighted by atomic mass is 10.1. The van der Waals surface area contributed by atoms with Gasteiger partial charge in [0.05, 0.1) is 11.3 Å². The minimum atomic E-state index is -0.427. The SMILES string of the molecule is CCCc1cc(=O)[nH]c(S[C@H](C)C(=O)N[C@H](C)c2ccc(Cl)cc2Cl)n1. The molecular weight excluding hydrogens is 393 g/mol. The number of aryl methyl sites for hydroxylation is 1. The molecule has 0 radical (unpaired) electrons. The van der Waals surface area contributed by atoms with E-state index in [9.17, 15) is 9.59 Å². The van der Waals surface area contributed by atoms with Crippen LogP contribution in [-0.2, 0) is 11.2 Å². The van der Waals surface area contributed by atoms with Crippen molar-refractivity contribution in [2.24, 2.45) is 0 Å². The van der Waals surface area contributed by atoms with Gasteiger partial charge in [-0.25, -0.2) is 4.98 Å². The highest BCUT2D eigenvalue weighted by molar-refractivity contribution is 8.00. The van der Waals surface area contributed by atoms with Crippen LogP contribution in [0.2, 0.25) is 10.0 Å². The molecule has 0 bridgehead atoms. The summed E-state index contributed by atoms with van der Waals surface area (Å²) in [6.07, 6.45) is 1.63. The average Bonchev–Trinajstić information content (AvgIpc) is 2.54. The third-order valence-electron chi connectivity index (χ3n) is 3.72. The van der Waals surface area contributed by atoms with Gasteiger partial charge in [-0.05, 0) is 38.0 Å². The van der Waals surface area contributed by atoms with E-state index in [1.54, 1.807) is 25.1 Å². The van der Waals surface area contributed by atoms with E-state index in [2.05, 4.69) is 15.3 Å². The summed E-state index contributed by atoms with van der Waals surface area (Å²) in [5.74, 6) is -0.169. The minimum absolute atomic E-state index is 0.169. The molecule has 140 valence electrons. The van der Waals surface area contributed by atoms with Crippen molar-refractivity contribution in [3.05, 3.63) is 55.9 Å². The maximum absolute atomic E-state index is 12.5. The number of thioether (sulfide) groups is 1. The van der Waals surface area contributed by atoms with Gasteiger partial charge in [-0.2, -0.15) is 0 Å². The summed E-state index contributed by atoms with van der Waals surface area (Å²) in [6, 6.07) is 6.39. The van der Waals surface area contributed by atoms with Crippen LogP contribution < -0.4 is 10.9 Å². The predicted molar refractivity (Wildman–Crippen MR) is 107 cm³/mol. The maximum atomic E-state index is 12.5. The van der Waals surface area contributed by atoms with Gasteiger partial charge >= 0.3 is 0 Å². The van der Waals surface area contributed by atoms with Gasteiger partial charge in [-0.15, -0.1) is 0 Å². The first-order chi connectivity index (χ1) is 12.3. The molecule has 0 saturated heterocycles. The second-order valence-corrected chi connectivity index (χ2v) is 8.12. The molecule has 8 heteroatoms. The van der Waals surface area contributed by atoms with Crippen LogP contribution in [0.5, 0.6) is 0 Å². The second kappa shape index (κ2) is 9.44. The van der Waals surface area contributed by atoms with Crippen LogP contribution >= 0.6 is 35.0 Å². The van der Waals surface area contributed by atoms with E-state index in [1.165, 1.54) is 17.8 Å². The van der Waals surface area contributed by atoms with Gasteiger partial charge in [-0.1, -0.05) is 54.4 Å². The van der Waals surface area contributed by atoms with Crippen LogP contribution in [0.4, 0.5) is 0 Å². The number of carbonyl (C=O) groups excluding carboxylic acids is 1. The van der Waals surface area contributed by atoms with Crippen molar-refractivity contribution in [2.45, 2.75) is 50.1 Å². The Labute approximate surface area is 166 Å². The molecule has 0 unspecified atom stereocenters. The highest BCUT2D eigenvalue weighted by Gasteiger charge is 2.20. The summed E-state index contributed by atoms with van der Waals surface area (Å²) < 4.78 is 0. The van der Waals surface area contributed by atoms with Crippen LogP contribution in [0, 0.1) is 0 Å².